The second kappa shape index (κ2) is 14.8. The van der Waals surface area contributed by atoms with E-state index in [-0.39, 0.29) is 12.4 Å². The number of ether oxygens (including phenoxy) is 6. The Bertz CT molecular complexity index is 1290. The molecule has 2 aliphatic rings. The molecule has 3 aromatic rings. The van der Waals surface area contributed by atoms with Crippen molar-refractivity contribution >= 4 is 0 Å². The first-order valence-corrected chi connectivity index (χ1v) is 15.3. The summed E-state index contributed by atoms with van der Waals surface area (Å²) >= 11 is 0. The van der Waals surface area contributed by atoms with E-state index >= 15 is 4.39 Å². The van der Waals surface area contributed by atoms with Gasteiger partial charge in [-0.1, -0.05) is 75.2 Å². The molecule has 0 spiro atoms. The van der Waals surface area contributed by atoms with E-state index in [1.54, 1.807) is 19.2 Å². The first-order valence-electron chi connectivity index (χ1n) is 15.3. The van der Waals surface area contributed by atoms with Gasteiger partial charge in [0.2, 0.25) is 5.79 Å². The predicted octanol–water partition coefficient (Wildman–Crippen LogP) is 6.45. The minimum absolute atomic E-state index is 0.182. The van der Waals surface area contributed by atoms with Gasteiger partial charge in [-0.25, -0.2) is 4.39 Å². The number of halogens is 1. The van der Waals surface area contributed by atoms with E-state index in [4.69, 9.17) is 28.4 Å². The van der Waals surface area contributed by atoms with Gasteiger partial charge in [-0.15, -0.1) is 0 Å². The molecule has 2 fully saturated rings. The molecule has 0 bridgehead atoms. The SMILES string of the molecule is CCCCOC1C2OC(c3ccccc3)OCC2OC(O)(c2ccc(F)c(Cc3ccc(OC)cc3)c2)C1OCCCC. The standard InChI is InChI=1S/C35H43FO7/c1-4-6-19-39-32-31-30(23-41-34(42-31)25-11-9-8-10-12-25)43-35(37,33(32)40-20-7-5-2)27-15-18-29(36)26(22-27)21-24-13-16-28(38-3)17-14-24/h8-18,22,30-34,37H,4-7,19-21,23H2,1-3H3. The molecule has 232 valence electrons. The Morgan fingerprint density at radius 1 is 0.930 bits per heavy atom. The van der Waals surface area contributed by atoms with Crippen LogP contribution in [0.25, 0.3) is 0 Å². The second-order valence-corrected chi connectivity index (χ2v) is 11.2. The quantitative estimate of drug-likeness (QED) is 0.228. The highest BCUT2D eigenvalue weighted by molar-refractivity contribution is 5.36. The topological polar surface area (TPSA) is 75.6 Å². The summed E-state index contributed by atoms with van der Waals surface area (Å²) in [5.41, 5.74) is 2.62. The predicted molar refractivity (Wildman–Crippen MR) is 160 cm³/mol. The van der Waals surface area contributed by atoms with Crippen molar-refractivity contribution in [2.24, 2.45) is 0 Å². The molecule has 6 atom stereocenters. The molecule has 0 aromatic heterocycles. The lowest BCUT2D eigenvalue weighted by molar-refractivity contribution is -0.407. The van der Waals surface area contributed by atoms with Crippen LogP contribution in [0.3, 0.4) is 0 Å². The molecule has 0 saturated carbocycles. The van der Waals surface area contributed by atoms with Gasteiger partial charge in [-0.05, 0) is 48.2 Å². The highest BCUT2D eigenvalue weighted by Gasteiger charge is 2.59. The van der Waals surface area contributed by atoms with Crippen molar-refractivity contribution in [2.75, 3.05) is 26.9 Å². The molecule has 6 unspecified atom stereocenters. The minimum atomic E-state index is -1.93. The van der Waals surface area contributed by atoms with Crippen molar-refractivity contribution in [2.45, 2.75) is 82.4 Å². The number of unbranched alkanes of at least 4 members (excludes halogenated alkanes) is 2. The number of fused-ring (bicyclic) bond motifs is 1. The smallest absolute Gasteiger partial charge is 0.222 e. The summed E-state index contributed by atoms with van der Waals surface area (Å²) in [6, 6.07) is 21.8. The van der Waals surface area contributed by atoms with E-state index in [2.05, 4.69) is 13.8 Å². The number of rotatable bonds is 13. The van der Waals surface area contributed by atoms with Gasteiger partial charge < -0.3 is 33.5 Å². The molecule has 2 heterocycles. The highest BCUT2D eigenvalue weighted by atomic mass is 19.1. The number of aliphatic hydroxyl groups is 1. The van der Waals surface area contributed by atoms with Gasteiger partial charge in [-0.2, -0.15) is 0 Å². The maximum atomic E-state index is 15.2. The van der Waals surface area contributed by atoms with Crippen LogP contribution < -0.4 is 4.74 Å². The summed E-state index contributed by atoms with van der Waals surface area (Å²) < 4.78 is 52.3. The normalized spacial score (nSPS) is 27.0. The average Bonchev–Trinajstić information content (AvgIpc) is 3.04. The van der Waals surface area contributed by atoms with Crippen LogP contribution >= 0.6 is 0 Å². The molecule has 43 heavy (non-hydrogen) atoms. The Balaban J connectivity index is 1.49. The van der Waals surface area contributed by atoms with Crippen LogP contribution in [-0.4, -0.2) is 56.5 Å². The molecule has 0 amide bonds. The molecular weight excluding hydrogens is 551 g/mol. The zero-order chi connectivity index (χ0) is 30.2. The summed E-state index contributed by atoms with van der Waals surface area (Å²) in [5, 5.41) is 12.4. The second-order valence-electron chi connectivity index (χ2n) is 11.2. The van der Waals surface area contributed by atoms with E-state index < -0.39 is 36.5 Å². The molecular formula is C35H43FO7. The Labute approximate surface area is 253 Å². The van der Waals surface area contributed by atoms with Crippen molar-refractivity contribution in [1.29, 1.82) is 0 Å². The van der Waals surface area contributed by atoms with E-state index in [1.807, 2.05) is 54.6 Å². The number of hydrogen-bond acceptors (Lipinski definition) is 7. The van der Waals surface area contributed by atoms with Crippen LogP contribution in [0.15, 0.2) is 72.8 Å². The van der Waals surface area contributed by atoms with Crippen LogP contribution in [0.4, 0.5) is 4.39 Å². The first kappa shape index (κ1) is 31.6. The maximum absolute atomic E-state index is 15.2. The van der Waals surface area contributed by atoms with Gasteiger partial charge in [-0.3, -0.25) is 0 Å². The fourth-order valence-corrected chi connectivity index (χ4v) is 5.65. The molecule has 3 aromatic carbocycles. The average molecular weight is 595 g/mol. The lowest BCUT2D eigenvalue weighted by atomic mass is 9.86. The molecule has 2 aliphatic heterocycles. The van der Waals surface area contributed by atoms with Crippen molar-refractivity contribution in [1.82, 2.24) is 0 Å². The van der Waals surface area contributed by atoms with Crippen molar-refractivity contribution < 1.29 is 37.9 Å². The Morgan fingerprint density at radius 3 is 2.35 bits per heavy atom. The number of methoxy groups -OCH3 is 1. The van der Waals surface area contributed by atoms with Crippen LogP contribution in [-0.2, 0) is 35.9 Å². The number of benzene rings is 3. The minimum Gasteiger partial charge on any atom is -0.497 e. The zero-order valence-electron chi connectivity index (χ0n) is 25.2. The van der Waals surface area contributed by atoms with Gasteiger partial charge in [0.1, 0.15) is 36.0 Å². The van der Waals surface area contributed by atoms with Crippen molar-refractivity contribution in [3.63, 3.8) is 0 Å². The zero-order valence-corrected chi connectivity index (χ0v) is 25.2. The van der Waals surface area contributed by atoms with Gasteiger partial charge in [0.05, 0.1) is 13.7 Å². The summed E-state index contributed by atoms with van der Waals surface area (Å²) in [7, 11) is 1.61. The molecule has 7 nitrogen and oxygen atoms in total. The van der Waals surface area contributed by atoms with Gasteiger partial charge in [0.15, 0.2) is 6.29 Å². The summed E-state index contributed by atoms with van der Waals surface area (Å²) in [6.07, 6.45) is 0.459. The Hall–Kier alpha value is -2.85. The van der Waals surface area contributed by atoms with Crippen molar-refractivity contribution in [3.8, 4) is 5.75 Å². The lowest BCUT2D eigenvalue weighted by Gasteiger charge is -2.52. The maximum Gasteiger partial charge on any atom is 0.222 e. The lowest BCUT2D eigenvalue weighted by Crippen LogP contribution is -2.67. The highest BCUT2D eigenvalue weighted by Crippen LogP contribution is 2.44. The third kappa shape index (κ3) is 7.28. The number of hydrogen-bond donors (Lipinski definition) is 1. The fourth-order valence-electron chi connectivity index (χ4n) is 5.65. The monoisotopic (exact) mass is 594 g/mol. The molecule has 5 rings (SSSR count). The van der Waals surface area contributed by atoms with Crippen LogP contribution in [0.2, 0.25) is 0 Å². The van der Waals surface area contributed by atoms with Crippen LogP contribution in [0, 0.1) is 5.82 Å². The van der Waals surface area contributed by atoms with Crippen LogP contribution in [0.5, 0.6) is 5.75 Å². The largest absolute Gasteiger partial charge is 0.497 e. The van der Waals surface area contributed by atoms with Gasteiger partial charge in [0.25, 0.3) is 0 Å². The molecule has 2 saturated heterocycles. The third-order valence-electron chi connectivity index (χ3n) is 8.09. The van der Waals surface area contributed by atoms with Crippen LogP contribution in [0.1, 0.15) is 68.1 Å². The van der Waals surface area contributed by atoms with Gasteiger partial charge in [0, 0.05) is 30.8 Å². The summed E-state index contributed by atoms with van der Waals surface area (Å²) in [6.45, 7) is 5.23. The Kier molecular flexibility index (Phi) is 10.8. The van der Waals surface area contributed by atoms with Crippen molar-refractivity contribution in [3.05, 3.63) is 101 Å². The van der Waals surface area contributed by atoms with E-state index in [0.717, 1.165) is 42.6 Å². The van der Waals surface area contributed by atoms with E-state index in [0.29, 0.717) is 30.8 Å². The molecule has 8 heteroatoms. The molecule has 0 aliphatic carbocycles. The summed E-state index contributed by atoms with van der Waals surface area (Å²) in [4.78, 5) is 0. The molecule has 1 N–H and O–H groups in total. The fraction of sp³-hybridized carbons (Fsp3) is 0.486. The first-order chi connectivity index (χ1) is 21.0. The molecule has 0 radical (unpaired) electrons. The third-order valence-corrected chi connectivity index (χ3v) is 8.09. The van der Waals surface area contributed by atoms with Gasteiger partial charge >= 0.3 is 0 Å². The summed E-state index contributed by atoms with van der Waals surface area (Å²) in [5.74, 6) is -1.57. The van der Waals surface area contributed by atoms with E-state index in [1.165, 1.54) is 6.07 Å². The Morgan fingerprint density at radius 2 is 1.65 bits per heavy atom. The van der Waals surface area contributed by atoms with E-state index in [9.17, 15) is 5.11 Å².